The van der Waals surface area contributed by atoms with Gasteiger partial charge in [0.05, 0.1) is 21.4 Å². The van der Waals surface area contributed by atoms with E-state index in [2.05, 4.69) is 4.98 Å². The zero-order chi connectivity index (χ0) is 26.0. The molecule has 2 aromatic carbocycles. The Labute approximate surface area is 215 Å². The van der Waals surface area contributed by atoms with Crippen LogP contribution in [-0.4, -0.2) is 53.7 Å². The van der Waals surface area contributed by atoms with E-state index in [9.17, 15) is 22.8 Å². The molecule has 194 valence electrons. The predicted octanol–water partition coefficient (Wildman–Crippen LogP) is 3.34. The van der Waals surface area contributed by atoms with Crippen molar-refractivity contribution in [2.24, 2.45) is 0 Å². The van der Waals surface area contributed by atoms with Crippen molar-refractivity contribution in [3.05, 3.63) is 69.8 Å². The summed E-state index contributed by atoms with van der Waals surface area (Å²) in [6.07, 6.45) is 6.37. The molecular formula is C27H29N3O6S. The second-order valence-corrected chi connectivity index (χ2v) is 11.5. The number of piperidine rings is 1. The van der Waals surface area contributed by atoms with E-state index < -0.39 is 28.4 Å². The summed E-state index contributed by atoms with van der Waals surface area (Å²) in [5.74, 6) is -0.421. The van der Waals surface area contributed by atoms with Crippen molar-refractivity contribution in [1.29, 1.82) is 0 Å². The molecule has 5 rings (SSSR count). The number of Topliss-reactive ketones (excluding diaryl/α,β-unsaturated/α-hetero) is 1. The van der Waals surface area contributed by atoms with Gasteiger partial charge in [0.15, 0.2) is 12.4 Å². The second-order valence-electron chi connectivity index (χ2n) is 9.52. The monoisotopic (exact) mass is 523 g/mol. The third-order valence-corrected chi connectivity index (χ3v) is 8.93. The highest BCUT2D eigenvalue weighted by Crippen LogP contribution is 2.21. The van der Waals surface area contributed by atoms with Crippen LogP contribution in [0.1, 0.15) is 65.1 Å². The number of rotatable bonds is 6. The molecule has 2 aliphatic heterocycles. The van der Waals surface area contributed by atoms with Crippen LogP contribution in [0.5, 0.6) is 0 Å². The first-order valence-corrected chi connectivity index (χ1v) is 14.1. The molecule has 0 aliphatic carbocycles. The predicted molar refractivity (Wildman–Crippen MR) is 137 cm³/mol. The average molecular weight is 524 g/mol. The molecule has 0 saturated carbocycles. The zero-order valence-electron chi connectivity index (χ0n) is 20.5. The topological polar surface area (TPSA) is 116 Å². The maximum atomic E-state index is 12.9. The molecule has 0 unspecified atom stereocenters. The van der Waals surface area contributed by atoms with Gasteiger partial charge in [-0.2, -0.15) is 4.31 Å². The molecule has 9 nitrogen and oxygen atoms in total. The van der Waals surface area contributed by atoms with Gasteiger partial charge < -0.3 is 4.74 Å². The van der Waals surface area contributed by atoms with E-state index in [1.54, 1.807) is 10.6 Å². The minimum atomic E-state index is -3.59. The molecule has 0 N–H and O–H groups in total. The number of sulfonamides is 1. The highest BCUT2D eigenvalue weighted by molar-refractivity contribution is 7.89. The Kier molecular flexibility index (Phi) is 7.21. The summed E-state index contributed by atoms with van der Waals surface area (Å²) in [6.45, 7) is 1.16. The van der Waals surface area contributed by atoms with Gasteiger partial charge in [-0.1, -0.05) is 12.8 Å². The van der Waals surface area contributed by atoms with E-state index in [4.69, 9.17) is 4.74 Å². The number of carbonyl (C=O) groups is 2. The van der Waals surface area contributed by atoms with Gasteiger partial charge in [-0.25, -0.2) is 18.2 Å². The molecule has 3 heterocycles. The van der Waals surface area contributed by atoms with Crippen LogP contribution < -0.4 is 5.56 Å². The van der Waals surface area contributed by atoms with Gasteiger partial charge in [0, 0.05) is 31.6 Å². The molecule has 1 aromatic heterocycles. The highest BCUT2D eigenvalue weighted by Gasteiger charge is 2.26. The van der Waals surface area contributed by atoms with Crippen LogP contribution in [0.4, 0.5) is 0 Å². The molecule has 2 aliphatic rings. The quantitative estimate of drug-likeness (QED) is 0.359. The Morgan fingerprint density at radius 2 is 1.54 bits per heavy atom. The zero-order valence-corrected chi connectivity index (χ0v) is 21.3. The van der Waals surface area contributed by atoms with Gasteiger partial charge in [0.25, 0.3) is 5.56 Å². The fraction of sp³-hybridized carbons (Fsp3) is 0.407. The van der Waals surface area contributed by atoms with Crippen molar-refractivity contribution < 1.29 is 22.7 Å². The molecule has 0 spiro atoms. The minimum absolute atomic E-state index is 0.109. The van der Waals surface area contributed by atoms with E-state index in [0.29, 0.717) is 37.0 Å². The number of esters is 1. The Hall–Kier alpha value is -3.37. The number of aromatic nitrogens is 2. The van der Waals surface area contributed by atoms with Gasteiger partial charge in [0.1, 0.15) is 5.82 Å². The summed E-state index contributed by atoms with van der Waals surface area (Å²) in [4.78, 5) is 42.9. The summed E-state index contributed by atoms with van der Waals surface area (Å²) in [7, 11) is -3.59. The highest BCUT2D eigenvalue weighted by atomic mass is 32.2. The van der Waals surface area contributed by atoms with Crippen LogP contribution in [-0.2, 0) is 27.7 Å². The van der Waals surface area contributed by atoms with Crippen LogP contribution >= 0.6 is 0 Å². The van der Waals surface area contributed by atoms with Crippen molar-refractivity contribution in [2.75, 3.05) is 19.7 Å². The van der Waals surface area contributed by atoms with Crippen molar-refractivity contribution in [1.82, 2.24) is 13.9 Å². The minimum Gasteiger partial charge on any atom is -0.454 e. The van der Waals surface area contributed by atoms with Gasteiger partial charge in [-0.3, -0.25) is 14.2 Å². The number of benzene rings is 2. The third-order valence-electron chi connectivity index (χ3n) is 7.02. The normalized spacial score (nSPS) is 16.6. The number of aryl methyl sites for hydroxylation is 1. The Morgan fingerprint density at radius 1 is 0.865 bits per heavy atom. The SMILES string of the molecule is O=C(COC(=O)c1ccc2c(=O)n3c(nc2c1)CCCCC3)c1ccc(S(=O)(=O)N2CCCCC2)cc1. The number of hydrogen-bond acceptors (Lipinski definition) is 7. The smallest absolute Gasteiger partial charge is 0.338 e. The van der Waals surface area contributed by atoms with Crippen molar-refractivity contribution >= 4 is 32.7 Å². The number of ketones is 1. The number of hydrogen-bond donors (Lipinski definition) is 0. The number of fused-ring (bicyclic) bond motifs is 2. The fourth-order valence-electron chi connectivity index (χ4n) is 4.91. The van der Waals surface area contributed by atoms with E-state index in [1.165, 1.54) is 40.7 Å². The van der Waals surface area contributed by atoms with Crippen LogP contribution in [0.2, 0.25) is 0 Å². The third kappa shape index (κ3) is 5.21. The summed E-state index contributed by atoms with van der Waals surface area (Å²) in [6, 6.07) is 10.3. The first-order chi connectivity index (χ1) is 17.8. The Morgan fingerprint density at radius 3 is 2.30 bits per heavy atom. The standard InChI is InChI=1S/C27H29N3O6S/c31-24(19-8-11-21(12-9-19)37(34,35)29-14-4-2-5-15-29)18-36-27(33)20-10-13-22-23(17-20)28-25-7-3-1-6-16-30(25)26(22)32/h8-13,17H,1-7,14-16,18H2. The van der Waals surface area contributed by atoms with Crippen LogP contribution in [0.3, 0.4) is 0 Å². The van der Waals surface area contributed by atoms with Crippen LogP contribution in [0, 0.1) is 0 Å². The largest absolute Gasteiger partial charge is 0.454 e. The maximum absolute atomic E-state index is 12.9. The molecule has 1 fully saturated rings. The molecule has 0 radical (unpaired) electrons. The number of ether oxygens (including phenoxy) is 1. The Bertz CT molecular complexity index is 1510. The fourth-order valence-corrected chi connectivity index (χ4v) is 6.43. The lowest BCUT2D eigenvalue weighted by molar-refractivity contribution is 0.0475. The van der Waals surface area contributed by atoms with E-state index >= 15 is 0 Å². The lowest BCUT2D eigenvalue weighted by atomic mass is 10.1. The second kappa shape index (κ2) is 10.5. The van der Waals surface area contributed by atoms with E-state index in [0.717, 1.165) is 44.3 Å². The van der Waals surface area contributed by atoms with Crippen molar-refractivity contribution in [3.8, 4) is 0 Å². The lowest BCUT2D eigenvalue weighted by Gasteiger charge is -2.25. The lowest BCUT2D eigenvalue weighted by Crippen LogP contribution is -2.35. The molecule has 1 saturated heterocycles. The molecule has 0 atom stereocenters. The molecule has 0 amide bonds. The van der Waals surface area contributed by atoms with Gasteiger partial charge in [-0.15, -0.1) is 0 Å². The van der Waals surface area contributed by atoms with Crippen LogP contribution in [0.15, 0.2) is 52.2 Å². The van der Waals surface area contributed by atoms with Gasteiger partial charge in [0.2, 0.25) is 10.0 Å². The van der Waals surface area contributed by atoms with E-state index in [-0.39, 0.29) is 21.6 Å². The maximum Gasteiger partial charge on any atom is 0.338 e. The molecule has 0 bridgehead atoms. The first-order valence-electron chi connectivity index (χ1n) is 12.7. The molecular weight excluding hydrogens is 494 g/mol. The summed E-state index contributed by atoms with van der Waals surface area (Å²) >= 11 is 0. The van der Waals surface area contributed by atoms with Gasteiger partial charge >= 0.3 is 5.97 Å². The molecule has 3 aromatic rings. The number of carbonyl (C=O) groups excluding carboxylic acids is 2. The summed E-state index contributed by atoms with van der Waals surface area (Å²) < 4.78 is 34.0. The molecule has 37 heavy (non-hydrogen) atoms. The van der Waals surface area contributed by atoms with Crippen molar-refractivity contribution in [3.63, 3.8) is 0 Å². The van der Waals surface area contributed by atoms with Gasteiger partial charge in [-0.05, 0) is 68.1 Å². The number of nitrogens with zero attached hydrogens (tertiary/aromatic N) is 3. The first kappa shape index (κ1) is 25.3. The summed E-state index contributed by atoms with van der Waals surface area (Å²) in [5, 5.41) is 0.442. The Balaban J connectivity index is 1.26. The average Bonchev–Trinajstić information content (AvgIpc) is 3.17. The summed E-state index contributed by atoms with van der Waals surface area (Å²) in [5.41, 5.74) is 0.780. The van der Waals surface area contributed by atoms with Crippen LogP contribution in [0.25, 0.3) is 10.9 Å². The van der Waals surface area contributed by atoms with E-state index in [1.807, 2.05) is 0 Å². The molecule has 10 heteroatoms. The van der Waals surface area contributed by atoms with Crippen molar-refractivity contribution in [2.45, 2.75) is 56.4 Å².